The minimum Gasteiger partial charge on any atom is -0.507 e. The maximum atomic E-state index is 12.4. The zero-order chi connectivity index (χ0) is 31.9. The fraction of sp³-hybridized carbons (Fsp3) is 0.257. The van der Waals surface area contributed by atoms with E-state index < -0.39 is 23.1 Å². The highest BCUT2D eigenvalue weighted by Gasteiger charge is 2.33. The summed E-state index contributed by atoms with van der Waals surface area (Å²) in [5.74, 6) is -1.29. The molecular formula is C35H35ClO7. The lowest BCUT2D eigenvalue weighted by molar-refractivity contribution is -0.163. The number of Topliss-reactive ketones (excluding diaryl/α,β-unsaturated/α-hetero) is 2. The van der Waals surface area contributed by atoms with Gasteiger partial charge in [-0.3, -0.25) is 14.4 Å². The molecule has 0 saturated heterocycles. The number of ketones is 3. The molecule has 3 aromatic carbocycles. The second-order valence-electron chi connectivity index (χ2n) is 10.9. The van der Waals surface area contributed by atoms with E-state index in [1.54, 1.807) is 100 Å². The Hall–Kier alpha value is -4.49. The van der Waals surface area contributed by atoms with Gasteiger partial charge in [0.05, 0.1) is 6.10 Å². The molecular weight excluding hydrogens is 568 g/mol. The lowest BCUT2D eigenvalue weighted by Gasteiger charge is -2.25. The zero-order valence-electron chi connectivity index (χ0n) is 25.1. The van der Waals surface area contributed by atoms with Gasteiger partial charge < -0.3 is 14.6 Å². The molecule has 224 valence electrons. The predicted octanol–water partition coefficient (Wildman–Crippen LogP) is 7.76. The molecule has 4 rings (SSSR count). The number of aliphatic hydroxyl groups excluding tert-OH is 1. The second-order valence-corrected chi connectivity index (χ2v) is 11.4. The van der Waals surface area contributed by atoms with E-state index in [2.05, 4.69) is 0 Å². The van der Waals surface area contributed by atoms with Crippen LogP contribution in [-0.4, -0.2) is 40.1 Å². The normalized spacial score (nSPS) is 12.7. The third-order valence-corrected chi connectivity index (χ3v) is 6.59. The lowest BCUT2D eigenvalue weighted by Crippen LogP contribution is -2.40. The molecule has 8 heteroatoms. The second kappa shape index (κ2) is 14.1. The van der Waals surface area contributed by atoms with Crippen LogP contribution in [0.2, 0.25) is 5.02 Å². The number of carbonyl (C=O) groups excluding carboxylic acids is 4. The van der Waals surface area contributed by atoms with Crippen molar-refractivity contribution in [1.82, 2.24) is 0 Å². The van der Waals surface area contributed by atoms with Gasteiger partial charge in [0.1, 0.15) is 11.5 Å². The van der Waals surface area contributed by atoms with Crippen LogP contribution in [0.5, 0.6) is 5.75 Å². The maximum absolute atomic E-state index is 12.4. The van der Waals surface area contributed by atoms with Gasteiger partial charge >= 0.3 is 5.97 Å². The summed E-state index contributed by atoms with van der Waals surface area (Å²) < 4.78 is 10.9. The first-order valence-corrected chi connectivity index (χ1v) is 14.1. The quantitative estimate of drug-likeness (QED) is 0.121. The van der Waals surface area contributed by atoms with Crippen LogP contribution in [0.4, 0.5) is 0 Å². The van der Waals surface area contributed by atoms with Crippen LogP contribution in [0.1, 0.15) is 79.8 Å². The van der Waals surface area contributed by atoms with E-state index in [9.17, 15) is 24.3 Å². The minimum atomic E-state index is -1.12. The third kappa shape index (κ3) is 8.52. The predicted molar refractivity (Wildman–Crippen MR) is 167 cm³/mol. The summed E-state index contributed by atoms with van der Waals surface area (Å²) in [4.78, 5) is 48.3. The van der Waals surface area contributed by atoms with E-state index in [1.165, 1.54) is 0 Å². The molecule has 0 spiro atoms. The van der Waals surface area contributed by atoms with Gasteiger partial charge in [0, 0.05) is 32.8 Å². The van der Waals surface area contributed by atoms with Crippen LogP contribution in [0.3, 0.4) is 0 Å². The molecule has 1 aliphatic carbocycles. The van der Waals surface area contributed by atoms with Crippen LogP contribution in [-0.2, 0) is 14.3 Å². The first-order chi connectivity index (χ1) is 20.2. The molecule has 0 heterocycles. The van der Waals surface area contributed by atoms with Crippen LogP contribution in [0.25, 0.3) is 5.76 Å². The van der Waals surface area contributed by atoms with E-state index in [4.69, 9.17) is 21.1 Å². The Balaban J connectivity index is 0.000000248. The monoisotopic (exact) mass is 602 g/mol. The summed E-state index contributed by atoms with van der Waals surface area (Å²) in [6.07, 6.45) is 1.90. The van der Waals surface area contributed by atoms with Crippen molar-refractivity contribution < 1.29 is 33.8 Å². The lowest BCUT2D eigenvalue weighted by atomic mass is 9.87. The molecule has 7 nitrogen and oxygen atoms in total. The number of allylic oxidation sites excluding steroid dienone is 3. The van der Waals surface area contributed by atoms with Crippen molar-refractivity contribution in [3.8, 4) is 5.75 Å². The Morgan fingerprint density at radius 1 is 0.860 bits per heavy atom. The van der Waals surface area contributed by atoms with Gasteiger partial charge in [0.2, 0.25) is 11.6 Å². The van der Waals surface area contributed by atoms with Crippen LogP contribution in [0.15, 0.2) is 90.0 Å². The van der Waals surface area contributed by atoms with Gasteiger partial charge in [-0.25, -0.2) is 4.79 Å². The molecule has 1 N–H and O–H groups in total. The van der Waals surface area contributed by atoms with E-state index in [0.717, 1.165) is 5.57 Å². The molecule has 0 aromatic heterocycles. The number of hydrogen-bond acceptors (Lipinski definition) is 7. The number of esters is 1. The van der Waals surface area contributed by atoms with Crippen molar-refractivity contribution in [1.29, 1.82) is 0 Å². The van der Waals surface area contributed by atoms with Crippen molar-refractivity contribution in [2.24, 2.45) is 0 Å². The van der Waals surface area contributed by atoms with E-state index in [-0.39, 0.29) is 35.2 Å². The SMILES string of the molecule is CC(C)=CCC1=C(O)c2ccccc2C(=O)C1=O.CC(C)OC(=O)C(C)(C)Oc1ccc(C(=O)c2ccc(Cl)cc2)cc1. The molecule has 3 aromatic rings. The molecule has 0 aliphatic heterocycles. The Morgan fingerprint density at radius 2 is 1.40 bits per heavy atom. The molecule has 1 aliphatic rings. The molecule has 0 saturated carbocycles. The Bertz CT molecular complexity index is 1570. The Labute approximate surface area is 256 Å². The number of aliphatic hydroxyl groups is 1. The average molecular weight is 603 g/mol. The van der Waals surface area contributed by atoms with Crippen molar-refractivity contribution >= 4 is 40.7 Å². The first-order valence-electron chi connectivity index (χ1n) is 13.8. The molecule has 0 bridgehead atoms. The number of carbonyl (C=O) groups is 4. The van der Waals surface area contributed by atoms with Crippen molar-refractivity contribution in [3.05, 3.63) is 117 Å². The zero-order valence-corrected chi connectivity index (χ0v) is 25.8. The summed E-state index contributed by atoms with van der Waals surface area (Å²) in [5, 5.41) is 10.7. The van der Waals surface area contributed by atoms with Crippen LogP contribution >= 0.6 is 11.6 Å². The summed E-state index contributed by atoms with van der Waals surface area (Å²) in [6, 6.07) is 20.0. The highest BCUT2D eigenvalue weighted by molar-refractivity contribution is 6.52. The number of rotatable bonds is 8. The Kier molecular flexibility index (Phi) is 10.8. The van der Waals surface area contributed by atoms with Crippen molar-refractivity contribution in [3.63, 3.8) is 0 Å². The van der Waals surface area contributed by atoms with Gasteiger partial charge in [-0.15, -0.1) is 0 Å². The van der Waals surface area contributed by atoms with Crippen LogP contribution < -0.4 is 4.74 Å². The fourth-order valence-corrected chi connectivity index (χ4v) is 4.17. The summed E-state index contributed by atoms with van der Waals surface area (Å²) >= 11 is 5.84. The number of fused-ring (bicyclic) bond motifs is 1. The topological polar surface area (TPSA) is 107 Å². The molecule has 0 fully saturated rings. The van der Waals surface area contributed by atoms with E-state index in [0.29, 0.717) is 27.5 Å². The summed E-state index contributed by atoms with van der Waals surface area (Å²) in [6.45, 7) is 10.7. The highest BCUT2D eigenvalue weighted by Crippen LogP contribution is 2.29. The van der Waals surface area contributed by atoms with Crippen molar-refractivity contribution in [2.75, 3.05) is 0 Å². The molecule has 0 unspecified atom stereocenters. The summed E-state index contributed by atoms with van der Waals surface area (Å²) in [7, 11) is 0. The van der Waals surface area contributed by atoms with Gasteiger partial charge in [0.25, 0.3) is 0 Å². The van der Waals surface area contributed by atoms with Gasteiger partial charge in [-0.1, -0.05) is 47.5 Å². The van der Waals surface area contributed by atoms with Gasteiger partial charge in [0.15, 0.2) is 11.4 Å². The molecule has 0 atom stereocenters. The van der Waals surface area contributed by atoms with Gasteiger partial charge in [-0.05, 0) is 96.5 Å². The number of hydrogen-bond donors (Lipinski definition) is 1. The molecule has 43 heavy (non-hydrogen) atoms. The van der Waals surface area contributed by atoms with Gasteiger partial charge in [-0.2, -0.15) is 0 Å². The Morgan fingerprint density at radius 3 is 1.93 bits per heavy atom. The first kappa shape index (κ1) is 33.0. The van der Waals surface area contributed by atoms with Crippen molar-refractivity contribution in [2.45, 2.75) is 59.7 Å². The molecule has 0 radical (unpaired) electrons. The largest absolute Gasteiger partial charge is 0.507 e. The van der Waals surface area contributed by atoms with Crippen LogP contribution in [0, 0.1) is 0 Å². The third-order valence-electron chi connectivity index (χ3n) is 6.34. The fourth-order valence-electron chi connectivity index (χ4n) is 4.05. The van der Waals surface area contributed by atoms with E-state index >= 15 is 0 Å². The maximum Gasteiger partial charge on any atom is 0.350 e. The average Bonchev–Trinajstić information content (AvgIpc) is 2.96. The van der Waals surface area contributed by atoms with E-state index in [1.807, 2.05) is 19.9 Å². The number of benzene rings is 3. The highest BCUT2D eigenvalue weighted by atomic mass is 35.5. The standard InChI is InChI=1S/C20H21ClO4.C15H14O3/c1-13(2)24-19(23)20(3,4)25-17-11-7-15(8-12-17)18(22)14-5-9-16(21)10-6-14;1-9(2)7-8-12-13(16)10-5-3-4-6-11(10)14(17)15(12)18/h5-13H,1-4H3;3-7,16H,8H2,1-2H3. The minimum absolute atomic E-state index is 0.0762. The smallest absolute Gasteiger partial charge is 0.350 e. The number of halogens is 1. The molecule has 0 amide bonds. The number of ether oxygens (including phenoxy) is 2. The summed E-state index contributed by atoms with van der Waals surface area (Å²) in [5.41, 5.74) is 1.90.